The molecule has 0 atom stereocenters. The minimum atomic E-state index is -3.24. The van der Waals surface area contributed by atoms with Crippen molar-refractivity contribution in [1.29, 1.82) is 0 Å². The summed E-state index contributed by atoms with van der Waals surface area (Å²) in [5.74, 6) is 0.207. The number of rotatable bonds is 7. The smallest absolute Gasteiger partial charge is 0.295 e. The van der Waals surface area contributed by atoms with Crippen molar-refractivity contribution in [3.63, 3.8) is 0 Å². The molecule has 1 saturated carbocycles. The Morgan fingerprint density at radius 3 is 2.47 bits per heavy atom. The normalized spacial score (nSPS) is 19.1. The van der Waals surface area contributed by atoms with Gasteiger partial charge in [0.1, 0.15) is 5.52 Å². The van der Waals surface area contributed by atoms with E-state index in [9.17, 15) is 22.0 Å². The van der Waals surface area contributed by atoms with Crippen LogP contribution in [0.2, 0.25) is 0 Å². The highest BCUT2D eigenvalue weighted by Gasteiger charge is 2.28. The lowest BCUT2D eigenvalue weighted by Gasteiger charge is -2.31. The number of hydrogen-bond donors (Lipinski definition) is 2. The average Bonchev–Trinajstić information content (AvgIpc) is 3.27. The number of nitrogens with one attached hydrogen (secondary N) is 2. The molecule has 1 aliphatic carbocycles. The zero-order chi connectivity index (χ0) is 22.9. The lowest BCUT2D eigenvalue weighted by molar-refractivity contribution is 0.163. The second-order valence-corrected chi connectivity index (χ2v) is 10.3. The van der Waals surface area contributed by atoms with Crippen LogP contribution < -0.4 is 16.2 Å². The number of hydrogen-bond acceptors (Lipinski definition) is 8. The fraction of sp³-hybridized carbons (Fsp3) is 0.684. The highest BCUT2D eigenvalue weighted by molar-refractivity contribution is 7.88. The van der Waals surface area contributed by atoms with Crippen molar-refractivity contribution in [2.75, 3.05) is 36.5 Å². The van der Waals surface area contributed by atoms with Crippen LogP contribution >= 0.6 is 0 Å². The third kappa shape index (κ3) is 4.98. The number of aromatic nitrogens is 4. The molecule has 4 rings (SSSR count). The highest BCUT2D eigenvalue weighted by Crippen LogP contribution is 2.30. The third-order valence-corrected chi connectivity index (χ3v) is 7.30. The maximum Gasteiger partial charge on any atom is 0.295 e. The summed E-state index contributed by atoms with van der Waals surface area (Å²) >= 11 is 0. The first-order chi connectivity index (χ1) is 15.2. The summed E-state index contributed by atoms with van der Waals surface area (Å²) in [5.41, 5.74) is 0.412. The van der Waals surface area contributed by atoms with Gasteiger partial charge in [0, 0.05) is 25.2 Å². The van der Waals surface area contributed by atoms with E-state index in [0.717, 1.165) is 25.7 Å². The van der Waals surface area contributed by atoms with Crippen molar-refractivity contribution >= 4 is 33.0 Å². The topological polar surface area (TPSA) is 122 Å². The molecule has 10 nitrogen and oxygen atoms in total. The number of alkyl halides is 2. The number of halogens is 2. The van der Waals surface area contributed by atoms with E-state index in [0.29, 0.717) is 37.1 Å². The van der Waals surface area contributed by atoms with Gasteiger partial charge in [0.2, 0.25) is 16.0 Å². The van der Waals surface area contributed by atoms with Crippen LogP contribution in [0.3, 0.4) is 0 Å². The van der Waals surface area contributed by atoms with Gasteiger partial charge in [-0.15, -0.1) is 0 Å². The van der Waals surface area contributed by atoms with Crippen LogP contribution in [0.25, 0.3) is 11.2 Å². The predicted octanol–water partition coefficient (Wildman–Crippen LogP) is 1.81. The minimum absolute atomic E-state index is 0.0274. The molecule has 1 aliphatic heterocycles. The predicted molar refractivity (Wildman–Crippen MR) is 117 cm³/mol. The van der Waals surface area contributed by atoms with Gasteiger partial charge in [-0.1, -0.05) is 12.8 Å². The average molecular weight is 472 g/mol. The maximum absolute atomic E-state index is 13.4. The van der Waals surface area contributed by atoms with E-state index in [1.54, 1.807) is 4.57 Å². The summed E-state index contributed by atoms with van der Waals surface area (Å²) in [7, 11) is -3.24. The van der Waals surface area contributed by atoms with Gasteiger partial charge in [0.15, 0.2) is 11.5 Å². The van der Waals surface area contributed by atoms with Gasteiger partial charge in [0.25, 0.3) is 12.0 Å². The van der Waals surface area contributed by atoms with Crippen molar-refractivity contribution < 1.29 is 17.2 Å². The highest BCUT2D eigenvalue weighted by atomic mass is 32.2. The molecule has 2 aromatic heterocycles. The largest absolute Gasteiger partial charge is 0.363 e. The molecule has 0 bridgehead atoms. The van der Waals surface area contributed by atoms with Crippen LogP contribution in [-0.4, -0.2) is 70.6 Å². The molecule has 2 fully saturated rings. The van der Waals surface area contributed by atoms with Crippen LogP contribution in [0.1, 0.15) is 44.6 Å². The number of nitrogens with zero attached hydrogens (tertiary/aromatic N) is 5. The van der Waals surface area contributed by atoms with Crippen molar-refractivity contribution in [3.05, 3.63) is 16.6 Å². The van der Waals surface area contributed by atoms with Gasteiger partial charge < -0.3 is 10.6 Å². The molecule has 0 radical (unpaired) electrons. The van der Waals surface area contributed by atoms with Gasteiger partial charge in [-0.25, -0.2) is 31.5 Å². The standard InChI is InChI=1S/C19H27F2N7O3S/c1-32(30,31)27-8-6-12(7-9-27)24-16-18(29)28(13-4-2-3-5-13)17-14(25-16)10-22-19(26-17)23-11-15(20)21/h10,12-13,15H,2-9,11H2,1H3,(H,24,25)(H,22,23,26). The Morgan fingerprint density at radius 1 is 1.16 bits per heavy atom. The summed E-state index contributed by atoms with van der Waals surface area (Å²) in [6.07, 6.45) is 4.83. The van der Waals surface area contributed by atoms with E-state index in [1.807, 2.05) is 0 Å². The number of piperidine rings is 1. The molecule has 0 unspecified atom stereocenters. The van der Waals surface area contributed by atoms with Crippen molar-refractivity contribution in [2.45, 2.75) is 57.0 Å². The molecule has 0 aromatic carbocycles. The summed E-state index contributed by atoms with van der Waals surface area (Å²) in [4.78, 5) is 26.2. The Hall–Kier alpha value is -2.41. The van der Waals surface area contributed by atoms with Gasteiger partial charge >= 0.3 is 0 Å². The van der Waals surface area contributed by atoms with Crippen LogP contribution in [0.15, 0.2) is 11.0 Å². The summed E-state index contributed by atoms with van der Waals surface area (Å²) in [5, 5.41) is 5.68. The quantitative estimate of drug-likeness (QED) is 0.627. The third-order valence-electron chi connectivity index (χ3n) is 6.00. The van der Waals surface area contributed by atoms with Gasteiger partial charge in [-0.05, 0) is 25.7 Å². The van der Waals surface area contributed by atoms with Crippen LogP contribution in [0.4, 0.5) is 20.5 Å². The molecule has 13 heteroatoms. The summed E-state index contributed by atoms with van der Waals surface area (Å²) in [6.45, 7) is 0.171. The van der Waals surface area contributed by atoms with E-state index < -0.39 is 23.0 Å². The SMILES string of the molecule is CS(=O)(=O)N1CCC(Nc2nc3cnc(NCC(F)F)nc3n(C3CCCC3)c2=O)CC1. The summed E-state index contributed by atoms with van der Waals surface area (Å²) < 4.78 is 51.6. The maximum atomic E-state index is 13.4. The first-order valence-electron chi connectivity index (χ1n) is 10.8. The number of fused-ring (bicyclic) bond motifs is 1. The Labute approximate surface area is 184 Å². The van der Waals surface area contributed by atoms with Crippen LogP contribution in [0.5, 0.6) is 0 Å². The molecular formula is C19H27F2N7O3S. The second-order valence-electron chi connectivity index (χ2n) is 8.33. The number of sulfonamides is 1. The monoisotopic (exact) mass is 471 g/mol. The zero-order valence-corrected chi connectivity index (χ0v) is 18.6. The second kappa shape index (κ2) is 9.22. The molecule has 176 valence electrons. The van der Waals surface area contributed by atoms with Crippen molar-refractivity contribution in [2.24, 2.45) is 0 Å². The van der Waals surface area contributed by atoms with E-state index in [1.165, 1.54) is 16.8 Å². The first-order valence-corrected chi connectivity index (χ1v) is 12.6. The Morgan fingerprint density at radius 2 is 1.84 bits per heavy atom. The Bertz CT molecular complexity index is 1130. The molecule has 2 N–H and O–H groups in total. The zero-order valence-electron chi connectivity index (χ0n) is 17.8. The summed E-state index contributed by atoms with van der Waals surface area (Å²) in [6, 6.07) is -0.131. The van der Waals surface area contributed by atoms with Gasteiger partial charge in [-0.3, -0.25) is 9.36 Å². The molecule has 0 amide bonds. The van der Waals surface area contributed by atoms with Crippen LogP contribution in [-0.2, 0) is 10.0 Å². The molecular weight excluding hydrogens is 444 g/mol. The van der Waals surface area contributed by atoms with Crippen LogP contribution in [0, 0.1) is 0 Å². The fourth-order valence-electron chi connectivity index (χ4n) is 4.38. The molecule has 2 aliphatic rings. The van der Waals surface area contributed by atoms with E-state index in [4.69, 9.17) is 0 Å². The van der Waals surface area contributed by atoms with Crippen molar-refractivity contribution in [1.82, 2.24) is 23.8 Å². The molecule has 1 saturated heterocycles. The lowest BCUT2D eigenvalue weighted by atomic mass is 10.1. The molecule has 2 aromatic rings. The minimum Gasteiger partial charge on any atom is -0.363 e. The van der Waals surface area contributed by atoms with E-state index in [-0.39, 0.29) is 29.4 Å². The molecule has 3 heterocycles. The number of anilines is 2. The van der Waals surface area contributed by atoms with Gasteiger partial charge in [-0.2, -0.15) is 4.98 Å². The Balaban J connectivity index is 1.64. The lowest BCUT2D eigenvalue weighted by Crippen LogP contribution is -2.43. The van der Waals surface area contributed by atoms with Gasteiger partial charge in [0.05, 0.1) is 19.0 Å². The molecule has 0 spiro atoms. The fourth-order valence-corrected chi connectivity index (χ4v) is 5.25. The first kappa shape index (κ1) is 22.8. The van der Waals surface area contributed by atoms with E-state index in [2.05, 4.69) is 25.6 Å². The van der Waals surface area contributed by atoms with E-state index >= 15 is 0 Å². The Kier molecular flexibility index (Phi) is 6.56. The van der Waals surface area contributed by atoms with Crippen molar-refractivity contribution in [3.8, 4) is 0 Å². The molecule has 32 heavy (non-hydrogen) atoms.